The van der Waals surface area contributed by atoms with Crippen LogP contribution in [-0.4, -0.2) is 44.6 Å². The van der Waals surface area contributed by atoms with Crippen LogP contribution in [0.1, 0.15) is 33.1 Å². The van der Waals surface area contributed by atoms with E-state index in [-0.39, 0.29) is 17.9 Å². The summed E-state index contributed by atoms with van der Waals surface area (Å²) in [6, 6.07) is -0.133. The number of hydrogen-bond acceptors (Lipinski definition) is 3. The Balaban J connectivity index is 2.57. The Kier molecular flexibility index (Phi) is 4.94. The van der Waals surface area contributed by atoms with Gasteiger partial charge in [0.15, 0.2) is 0 Å². The van der Waals surface area contributed by atoms with Crippen molar-refractivity contribution in [1.82, 2.24) is 9.62 Å². The summed E-state index contributed by atoms with van der Waals surface area (Å²) in [6.07, 6.45) is 3.63. The monoisotopic (exact) mass is 262 g/mol. The highest BCUT2D eigenvalue weighted by atomic mass is 32.2. The molecule has 1 N–H and O–H groups in total. The Morgan fingerprint density at radius 3 is 2.71 bits per heavy atom. The fraction of sp³-hybridized carbons (Fsp3) is 0.909. The van der Waals surface area contributed by atoms with Gasteiger partial charge in [-0.1, -0.05) is 13.8 Å². The molecule has 0 spiro atoms. The Bertz CT molecular complexity index is 367. The summed E-state index contributed by atoms with van der Waals surface area (Å²) in [6.45, 7) is 5.13. The summed E-state index contributed by atoms with van der Waals surface area (Å²) in [7, 11) is -3.19. The highest BCUT2D eigenvalue weighted by Crippen LogP contribution is 2.15. The van der Waals surface area contributed by atoms with Gasteiger partial charge in [0.05, 0.1) is 6.26 Å². The Morgan fingerprint density at radius 1 is 1.53 bits per heavy atom. The maximum absolute atomic E-state index is 12.0. The summed E-state index contributed by atoms with van der Waals surface area (Å²) in [4.78, 5) is 13.8. The van der Waals surface area contributed by atoms with Crippen LogP contribution in [0.3, 0.4) is 0 Å². The molecule has 0 aromatic heterocycles. The van der Waals surface area contributed by atoms with Crippen molar-refractivity contribution in [2.24, 2.45) is 5.92 Å². The minimum atomic E-state index is -3.19. The van der Waals surface area contributed by atoms with E-state index in [9.17, 15) is 13.2 Å². The number of carbonyl (C=O) groups is 1. The molecule has 1 aliphatic heterocycles. The zero-order valence-corrected chi connectivity index (χ0v) is 11.6. The smallest absolute Gasteiger partial charge is 0.225 e. The largest absolute Gasteiger partial charge is 0.341 e. The van der Waals surface area contributed by atoms with E-state index >= 15 is 0 Å². The molecule has 100 valence electrons. The molecule has 2 atom stereocenters. The van der Waals surface area contributed by atoms with Gasteiger partial charge in [0.2, 0.25) is 15.9 Å². The molecule has 1 saturated heterocycles. The summed E-state index contributed by atoms with van der Waals surface area (Å²) < 4.78 is 24.9. The highest BCUT2D eigenvalue weighted by Gasteiger charge is 2.27. The van der Waals surface area contributed by atoms with E-state index in [1.54, 1.807) is 4.90 Å². The van der Waals surface area contributed by atoms with E-state index in [0.717, 1.165) is 32.1 Å². The van der Waals surface area contributed by atoms with Crippen molar-refractivity contribution in [3.63, 3.8) is 0 Å². The van der Waals surface area contributed by atoms with Crippen molar-refractivity contribution in [2.75, 3.05) is 19.3 Å². The molecule has 0 aromatic rings. The molecule has 1 fully saturated rings. The first kappa shape index (κ1) is 14.4. The van der Waals surface area contributed by atoms with Crippen LogP contribution in [0.25, 0.3) is 0 Å². The molecule has 0 saturated carbocycles. The first-order chi connectivity index (χ1) is 7.83. The molecule has 17 heavy (non-hydrogen) atoms. The Labute approximate surface area is 104 Å². The summed E-state index contributed by atoms with van der Waals surface area (Å²) >= 11 is 0. The van der Waals surface area contributed by atoms with Crippen LogP contribution in [0.15, 0.2) is 0 Å². The van der Waals surface area contributed by atoms with Crippen LogP contribution in [0.4, 0.5) is 0 Å². The number of amides is 1. The molecule has 6 heteroatoms. The molecule has 1 aliphatic rings. The van der Waals surface area contributed by atoms with Gasteiger partial charge in [0.1, 0.15) is 0 Å². The number of hydrogen-bond donors (Lipinski definition) is 1. The Morgan fingerprint density at radius 2 is 2.18 bits per heavy atom. The standard InChI is InChI=1S/C11H22N2O3S/c1-4-9(2)11(14)13-7-5-6-10(8-13)12-17(3,15)16/h9-10,12H,4-8H2,1-3H3. The third-order valence-electron chi connectivity index (χ3n) is 3.15. The van der Waals surface area contributed by atoms with E-state index < -0.39 is 10.0 Å². The number of rotatable bonds is 4. The molecular weight excluding hydrogens is 240 g/mol. The first-order valence-electron chi connectivity index (χ1n) is 6.09. The topological polar surface area (TPSA) is 66.5 Å². The zero-order chi connectivity index (χ0) is 13.1. The van der Waals surface area contributed by atoms with Crippen molar-refractivity contribution < 1.29 is 13.2 Å². The van der Waals surface area contributed by atoms with Gasteiger partial charge in [-0.05, 0) is 19.3 Å². The van der Waals surface area contributed by atoms with Crippen LogP contribution < -0.4 is 4.72 Å². The second kappa shape index (κ2) is 5.82. The van der Waals surface area contributed by atoms with Crippen molar-refractivity contribution in [3.8, 4) is 0 Å². The number of sulfonamides is 1. The first-order valence-corrected chi connectivity index (χ1v) is 7.98. The SMILES string of the molecule is CCC(C)C(=O)N1CCCC(NS(C)(=O)=O)C1. The molecule has 1 amide bonds. The quantitative estimate of drug-likeness (QED) is 0.805. The maximum atomic E-state index is 12.0. The van der Waals surface area contributed by atoms with Gasteiger partial charge < -0.3 is 4.90 Å². The summed E-state index contributed by atoms with van der Waals surface area (Å²) in [5, 5.41) is 0. The molecular formula is C11H22N2O3S. The normalized spacial score (nSPS) is 23.5. The minimum Gasteiger partial charge on any atom is -0.341 e. The van der Waals surface area contributed by atoms with E-state index in [0.29, 0.717) is 6.54 Å². The van der Waals surface area contributed by atoms with Crippen LogP contribution in [0.2, 0.25) is 0 Å². The Hall–Kier alpha value is -0.620. The predicted molar refractivity (Wildman–Crippen MR) is 67.0 cm³/mol. The van der Waals surface area contributed by atoms with Crippen LogP contribution in [0, 0.1) is 5.92 Å². The lowest BCUT2D eigenvalue weighted by Crippen LogP contribution is -2.50. The summed E-state index contributed by atoms with van der Waals surface area (Å²) in [5.41, 5.74) is 0. The van der Waals surface area contributed by atoms with Crippen LogP contribution in [-0.2, 0) is 14.8 Å². The summed E-state index contributed by atoms with van der Waals surface area (Å²) in [5.74, 6) is 0.152. The van der Waals surface area contributed by atoms with Crippen molar-refractivity contribution >= 4 is 15.9 Å². The van der Waals surface area contributed by atoms with Crippen LogP contribution in [0.5, 0.6) is 0 Å². The lowest BCUT2D eigenvalue weighted by atomic mass is 10.0. The van der Waals surface area contributed by atoms with Crippen molar-refractivity contribution in [3.05, 3.63) is 0 Å². The van der Waals surface area contributed by atoms with Gasteiger partial charge in [0.25, 0.3) is 0 Å². The third kappa shape index (κ3) is 4.63. The fourth-order valence-corrected chi connectivity index (χ4v) is 2.86. The van der Waals surface area contributed by atoms with E-state index in [1.807, 2.05) is 13.8 Å². The molecule has 0 radical (unpaired) electrons. The molecule has 0 bridgehead atoms. The molecule has 1 heterocycles. The zero-order valence-electron chi connectivity index (χ0n) is 10.8. The molecule has 2 unspecified atom stereocenters. The van der Waals surface area contributed by atoms with Gasteiger partial charge in [-0.25, -0.2) is 13.1 Å². The average Bonchev–Trinajstić information content (AvgIpc) is 2.25. The highest BCUT2D eigenvalue weighted by molar-refractivity contribution is 7.88. The predicted octanol–water partition coefficient (Wildman–Crippen LogP) is 0.573. The van der Waals surface area contributed by atoms with Gasteiger partial charge in [0, 0.05) is 25.0 Å². The molecule has 0 aliphatic carbocycles. The fourth-order valence-electron chi connectivity index (χ4n) is 2.06. The lowest BCUT2D eigenvalue weighted by molar-refractivity contribution is -0.136. The third-order valence-corrected chi connectivity index (χ3v) is 3.91. The van der Waals surface area contributed by atoms with Gasteiger partial charge in [-0.2, -0.15) is 0 Å². The van der Waals surface area contributed by atoms with E-state index in [1.165, 1.54) is 0 Å². The number of nitrogens with one attached hydrogen (secondary N) is 1. The van der Waals surface area contributed by atoms with Gasteiger partial charge in [-0.3, -0.25) is 4.79 Å². The van der Waals surface area contributed by atoms with Gasteiger partial charge in [-0.15, -0.1) is 0 Å². The van der Waals surface area contributed by atoms with Crippen molar-refractivity contribution in [1.29, 1.82) is 0 Å². The van der Waals surface area contributed by atoms with E-state index in [2.05, 4.69) is 4.72 Å². The van der Waals surface area contributed by atoms with E-state index in [4.69, 9.17) is 0 Å². The minimum absolute atomic E-state index is 0.0204. The average molecular weight is 262 g/mol. The number of nitrogens with zero attached hydrogens (tertiary/aromatic N) is 1. The van der Waals surface area contributed by atoms with Crippen LogP contribution >= 0.6 is 0 Å². The number of piperidine rings is 1. The molecule has 1 rings (SSSR count). The lowest BCUT2D eigenvalue weighted by Gasteiger charge is -2.34. The maximum Gasteiger partial charge on any atom is 0.225 e. The second-order valence-electron chi connectivity index (χ2n) is 4.82. The second-order valence-corrected chi connectivity index (χ2v) is 6.60. The molecule has 5 nitrogen and oxygen atoms in total. The number of likely N-dealkylation sites (tertiary alicyclic amines) is 1. The van der Waals surface area contributed by atoms with Gasteiger partial charge >= 0.3 is 0 Å². The molecule has 0 aromatic carbocycles. The number of carbonyl (C=O) groups excluding carboxylic acids is 1. The van der Waals surface area contributed by atoms with Crippen molar-refractivity contribution in [2.45, 2.75) is 39.2 Å².